The first-order valence-electron chi connectivity index (χ1n) is 12.9. The highest BCUT2D eigenvalue weighted by atomic mass is 16.7. The van der Waals surface area contributed by atoms with Gasteiger partial charge in [0, 0.05) is 23.6 Å². The number of aliphatic hydroxyl groups is 2. The Balaban J connectivity index is 1.57. The number of methoxy groups -OCH3 is 1. The first kappa shape index (κ1) is 29.3. The number of rotatable bonds is 7. The zero-order valence-corrected chi connectivity index (χ0v) is 23.3. The molecule has 0 radical (unpaired) electrons. The number of benzene rings is 2. The number of phenolic OH excluding ortho intramolecular Hbond substituents is 1. The van der Waals surface area contributed by atoms with E-state index in [4.69, 9.17) is 18.6 Å². The number of aryl methyl sites for hydroxylation is 1. The van der Waals surface area contributed by atoms with E-state index >= 15 is 0 Å². The van der Waals surface area contributed by atoms with Crippen molar-refractivity contribution in [3.63, 3.8) is 0 Å². The van der Waals surface area contributed by atoms with Gasteiger partial charge in [-0.3, -0.25) is 4.79 Å². The van der Waals surface area contributed by atoms with Gasteiger partial charge in [0.1, 0.15) is 41.1 Å². The van der Waals surface area contributed by atoms with Crippen molar-refractivity contribution in [3.05, 3.63) is 75.2 Å². The summed E-state index contributed by atoms with van der Waals surface area (Å²) in [6.45, 7) is 9.00. The molecule has 4 atom stereocenters. The molecule has 10 nitrogen and oxygen atoms in total. The molecule has 0 saturated carbocycles. The molecule has 1 aromatic heterocycles. The molecule has 1 aliphatic heterocycles. The quantitative estimate of drug-likeness (QED) is 0.253. The number of aliphatic hydroxyl groups excluding tert-OH is 2. The van der Waals surface area contributed by atoms with Crippen molar-refractivity contribution in [2.75, 3.05) is 12.4 Å². The fourth-order valence-electron chi connectivity index (χ4n) is 4.75. The maximum Gasteiger partial charge on any atom is 0.360 e. The van der Waals surface area contributed by atoms with Crippen LogP contribution in [-0.2, 0) is 15.9 Å². The van der Waals surface area contributed by atoms with Gasteiger partial charge in [-0.05, 0) is 83.0 Å². The van der Waals surface area contributed by atoms with Crippen LogP contribution < -0.4 is 15.7 Å². The lowest BCUT2D eigenvalue weighted by atomic mass is 9.89. The van der Waals surface area contributed by atoms with Crippen LogP contribution in [0.25, 0.3) is 11.0 Å². The summed E-state index contributed by atoms with van der Waals surface area (Å²) < 4.78 is 22.6. The Morgan fingerprint density at radius 1 is 1.12 bits per heavy atom. The average Bonchev–Trinajstić information content (AvgIpc) is 2.89. The van der Waals surface area contributed by atoms with Crippen LogP contribution in [0.1, 0.15) is 49.2 Å². The van der Waals surface area contributed by atoms with Crippen LogP contribution in [0.5, 0.6) is 11.5 Å². The van der Waals surface area contributed by atoms with Crippen LogP contribution in [0, 0.1) is 6.92 Å². The SMILES string of the molecule is CO[C@H]1[C@@H](O)[C@@H](O)[C@@H](Oc2ccc3cc(NC(=O)c4ccc(O)c(CC=C(C)C)c4)c(=O)oc3c2C)OC1(C)C. The minimum atomic E-state index is -1.39. The van der Waals surface area contributed by atoms with Crippen LogP contribution in [0.4, 0.5) is 5.69 Å². The van der Waals surface area contributed by atoms with Gasteiger partial charge in [-0.2, -0.15) is 0 Å². The lowest BCUT2D eigenvalue weighted by Gasteiger charge is -2.46. The van der Waals surface area contributed by atoms with E-state index in [-0.39, 0.29) is 28.3 Å². The molecule has 4 N–H and O–H groups in total. The summed E-state index contributed by atoms with van der Waals surface area (Å²) in [6, 6.07) is 9.26. The summed E-state index contributed by atoms with van der Waals surface area (Å²) in [5, 5.41) is 34.3. The molecule has 2 heterocycles. The van der Waals surface area contributed by atoms with Gasteiger partial charge in [-0.15, -0.1) is 0 Å². The van der Waals surface area contributed by atoms with Crippen molar-refractivity contribution in [2.24, 2.45) is 0 Å². The topological polar surface area (TPSA) is 148 Å². The van der Waals surface area contributed by atoms with Gasteiger partial charge >= 0.3 is 5.63 Å². The molecule has 1 fully saturated rings. The third kappa shape index (κ3) is 5.90. The van der Waals surface area contributed by atoms with Gasteiger partial charge in [0.2, 0.25) is 6.29 Å². The third-order valence-corrected chi connectivity index (χ3v) is 6.96. The first-order chi connectivity index (χ1) is 18.8. The fourth-order valence-corrected chi connectivity index (χ4v) is 4.75. The minimum absolute atomic E-state index is 0.0500. The van der Waals surface area contributed by atoms with Crippen molar-refractivity contribution in [1.82, 2.24) is 0 Å². The summed E-state index contributed by atoms with van der Waals surface area (Å²) in [6.07, 6.45) is -2.21. The summed E-state index contributed by atoms with van der Waals surface area (Å²) in [5.74, 6) is -0.167. The molecule has 1 amide bonds. The first-order valence-corrected chi connectivity index (χ1v) is 12.9. The van der Waals surface area contributed by atoms with Gasteiger partial charge < -0.3 is 39.3 Å². The Labute approximate surface area is 231 Å². The molecule has 3 aromatic rings. The fraction of sp³-hybridized carbons (Fsp3) is 0.400. The Morgan fingerprint density at radius 3 is 2.52 bits per heavy atom. The number of amides is 1. The molecule has 40 heavy (non-hydrogen) atoms. The second kappa shape index (κ2) is 11.4. The Bertz CT molecular complexity index is 1500. The van der Waals surface area contributed by atoms with E-state index in [1.165, 1.54) is 25.3 Å². The summed E-state index contributed by atoms with van der Waals surface area (Å²) in [4.78, 5) is 25.7. The van der Waals surface area contributed by atoms with Crippen LogP contribution in [0.3, 0.4) is 0 Å². The number of anilines is 1. The van der Waals surface area contributed by atoms with Gasteiger partial charge in [0.05, 0.1) is 5.60 Å². The molecule has 1 aliphatic rings. The maximum atomic E-state index is 12.9. The van der Waals surface area contributed by atoms with Crippen LogP contribution in [0.2, 0.25) is 0 Å². The summed E-state index contributed by atoms with van der Waals surface area (Å²) >= 11 is 0. The number of hydrogen-bond donors (Lipinski definition) is 4. The number of ether oxygens (including phenoxy) is 3. The van der Waals surface area contributed by atoms with Crippen LogP contribution >= 0.6 is 0 Å². The predicted octanol–water partition coefficient (Wildman–Crippen LogP) is 3.82. The molecular weight excluding hydrogens is 518 g/mol. The molecule has 0 unspecified atom stereocenters. The molecule has 0 aliphatic carbocycles. The predicted molar refractivity (Wildman–Crippen MR) is 149 cm³/mol. The van der Waals surface area contributed by atoms with E-state index in [1.54, 1.807) is 39.0 Å². The minimum Gasteiger partial charge on any atom is -0.508 e. The second-order valence-corrected chi connectivity index (χ2v) is 10.7. The van der Waals surface area contributed by atoms with Gasteiger partial charge in [-0.25, -0.2) is 4.79 Å². The molecule has 0 spiro atoms. The Hall–Kier alpha value is -3.70. The van der Waals surface area contributed by atoms with Crippen molar-refractivity contribution in [3.8, 4) is 11.5 Å². The van der Waals surface area contributed by atoms with Crippen molar-refractivity contribution in [2.45, 2.75) is 71.2 Å². The van der Waals surface area contributed by atoms with E-state index in [2.05, 4.69) is 5.32 Å². The van der Waals surface area contributed by atoms with E-state index in [9.17, 15) is 24.9 Å². The summed E-state index contributed by atoms with van der Waals surface area (Å²) in [5.41, 5.74) is 0.872. The maximum absolute atomic E-state index is 12.9. The normalized spacial score (nSPS) is 22.1. The highest BCUT2D eigenvalue weighted by Gasteiger charge is 2.50. The lowest BCUT2D eigenvalue weighted by molar-refractivity contribution is -0.306. The molecule has 214 valence electrons. The van der Waals surface area contributed by atoms with Crippen molar-refractivity contribution >= 4 is 22.6 Å². The molecule has 0 bridgehead atoms. The van der Waals surface area contributed by atoms with Crippen LogP contribution in [-0.4, -0.2) is 58.5 Å². The second-order valence-electron chi connectivity index (χ2n) is 10.7. The number of nitrogens with one attached hydrogen (secondary N) is 1. The van der Waals surface area contributed by atoms with Gasteiger partial charge in [-0.1, -0.05) is 11.6 Å². The number of hydrogen-bond acceptors (Lipinski definition) is 9. The van der Waals surface area contributed by atoms with Crippen molar-refractivity contribution in [1.29, 1.82) is 0 Å². The Kier molecular flexibility index (Phi) is 8.36. The summed E-state index contributed by atoms with van der Waals surface area (Å²) in [7, 11) is 1.42. The lowest BCUT2D eigenvalue weighted by Crippen LogP contribution is -2.63. The number of carbonyl (C=O) groups is 1. The number of fused-ring (bicyclic) bond motifs is 1. The molecule has 1 saturated heterocycles. The number of aromatic hydroxyl groups is 1. The monoisotopic (exact) mass is 553 g/mol. The van der Waals surface area contributed by atoms with E-state index in [0.717, 1.165) is 5.57 Å². The van der Waals surface area contributed by atoms with E-state index < -0.39 is 41.7 Å². The van der Waals surface area contributed by atoms with E-state index in [1.807, 2.05) is 19.9 Å². The van der Waals surface area contributed by atoms with Crippen LogP contribution in [0.15, 0.2) is 57.3 Å². The van der Waals surface area contributed by atoms with E-state index in [0.29, 0.717) is 22.9 Å². The zero-order chi connectivity index (χ0) is 29.4. The number of carbonyl (C=O) groups excluding carboxylic acids is 1. The molecule has 4 rings (SSSR count). The van der Waals surface area contributed by atoms with Crippen molar-refractivity contribution < 1.29 is 38.7 Å². The highest BCUT2D eigenvalue weighted by molar-refractivity contribution is 6.05. The van der Waals surface area contributed by atoms with Gasteiger partial charge in [0.15, 0.2) is 0 Å². The molecule has 10 heteroatoms. The average molecular weight is 554 g/mol. The van der Waals surface area contributed by atoms with Gasteiger partial charge in [0.25, 0.3) is 5.91 Å². The number of allylic oxidation sites excluding steroid dienone is 2. The Morgan fingerprint density at radius 2 is 1.85 bits per heavy atom. The standard InChI is InChI=1S/C30H35NO9/c1-15(2)7-8-17-13-19(9-11-21(17)32)27(35)31-20-14-18-10-12-22(16(3)25(18)39-28(20)36)38-29-24(34)23(33)26(37-6)30(4,5)40-29/h7,9-14,23-24,26,29,32-34H,8H2,1-6H3,(H,31,35)/t23-,24+,26-,29-/m0/s1. The smallest absolute Gasteiger partial charge is 0.360 e. The molecule has 2 aromatic carbocycles. The largest absolute Gasteiger partial charge is 0.508 e. The third-order valence-electron chi connectivity index (χ3n) is 6.96. The number of phenols is 1. The zero-order valence-electron chi connectivity index (χ0n) is 23.3. The molecular formula is C30H35NO9. The highest BCUT2D eigenvalue weighted by Crippen LogP contribution is 2.35.